The lowest BCUT2D eigenvalue weighted by atomic mass is 9.82. The van der Waals surface area contributed by atoms with Gasteiger partial charge in [-0.1, -0.05) is 13.8 Å². The first kappa shape index (κ1) is 17.0. The van der Waals surface area contributed by atoms with E-state index in [1.807, 2.05) is 20.8 Å². The molecule has 20 heavy (non-hydrogen) atoms. The number of carbonyl (C=O) groups is 2. The maximum atomic E-state index is 12.7. The minimum atomic E-state index is -0.823. The SMILES string of the molecule is CCOCCCN1C(=O)C(C)(C)NC(=O)C1(CC)CC. The van der Waals surface area contributed by atoms with Gasteiger partial charge in [0, 0.05) is 19.8 Å². The molecule has 5 nitrogen and oxygen atoms in total. The third-order valence-corrected chi connectivity index (χ3v) is 4.19. The number of nitrogens with zero attached hydrogens (tertiary/aromatic N) is 1. The molecular formula is C15H28N2O3. The maximum Gasteiger partial charge on any atom is 0.248 e. The molecule has 1 aliphatic heterocycles. The Morgan fingerprint density at radius 3 is 2.25 bits per heavy atom. The average molecular weight is 284 g/mol. The van der Waals surface area contributed by atoms with E-state index in [-0.39, 0.29) is 11.8 Å². The molecule has 116 valence electrons. The van der Waals surface area contributed by atoms with Crippen LogP contribution in [0, 0.1) is 0 Å². The van der Waals surface area contributed by atoms with Crippen molar-refractivity contribution in [3.8, 4) is 0 Å². The van der Waals surface area contributed by atoms with Crippen molar-refractivity contribution in [2.75, 3.05) is 19.8 Å². The molecule has 1 aliphatic rings. The second kappa shape index (κ2) is 6.57. The maximum absolute atomic E-state index is 12.7. The molecule has 0 bridgehead atoms. The smallest absolute Gasteiger partial charge is 0.248 e. The first-order valence-electron chi connectivity index (χ1n) is 7.58. The van der Waals surface area contributed by atoms with Crippen LogP contribution >= 0.6 is 0 Å². The van der Waals surface area contributed by atoms with Crippen LogP contribution in [0.25, 0.3) is 0 Å². The zero-order valence-electron chi connectivity index (χ0n) is 13.4. The minimum Gasteiger partial charge on any atom is -0.382 e. The van der Waals surface area contributed by atoms with Crippen molar-refractivity contribution in [2.24, 2.45) is 0 Å². The van der Waals surface area contributed by atoms with Gasteiger partial charge in [-0.05, 0) is 40.0 Å². The van der Waals surface area contributed by atoms with Crippen molar-refractivity contribution in [3.63, 3.8) is 0 Å². The summed E-state index contributed by atoms with van der Waals surface area (Å²) in [6.45, 7) is 11.3. The van der Waals surface area contributed by atoms with E-state index in [0.29, 0.717) is 32.6 Å². The molecule has 0 saturated carbocycles. The Bertz CT molecular complexity index is 362. The van der Waals surface area contributed by atoms with Crippen LogP contribution < -0.4 is 5.32 Å². The van der Waals surface area contributed by atoms with Crippen molar-refractivity contribution in [2.45, 2.75) is 65.0 Å². The Kier molecular flexibility index (Phi) is 5.57. The van der Waals surface area contributed by atoms with Gasteiger partial charge in [0.2, 0.25) is 11.8 Å². The second-order valence-corrected chi connectivity index (χ2v) is 5.83. The van der Waals surface area contributed by atoms with Gasteiger partial charge in [-0.2, -0.15) is 0 Å². The summed E-state index contributed by atoms with van der Waals surface area (Å²) in [6, 6.07) is 0. The quantitative estimate of drug-likeness (QED) is 0.724. The van der Waals surface area contributed by atoms with Crippen LogP contribution in [0.15, 0.2) is 0 Å². The van der Waals surface area contributed by atoms with Crippen molar-refractivity contribution >= 4 is 11.8 Å². The van der Waals surface area contributed by atoms with E-state index in [1.54, 1.807) is 18.7 Å². The monoisotopic (exact) mass is 284 g/mol. The molecule has 2 amide bonds. The molecule has 0 unspecified atom stereocenters. The van der Waals surface area contributed by atoms with Crippen LogP contribution in [-0.4, -0.2) is 47.6 Å². The van der Waals surface area contributed by atoms with Crippen LogP contribution in [0.1, 0.15) is 53.9 Å². The van der Waals surface area contributed by atoms with E-state index < -0.39 is 11.1 Å². The molecule has 0 aromatic heterocycles. The van der Waals surface area contributed by atoms with Crippen LogP contribution in [0.3, 0.4) is 0 Å². The summed E-state index contributed by atoms with van der Waals surface area (Å²) >= 11 is 0. The van der Waals surface area contributed by atoms with Crippen LogP contribution in [0.2, 0.25) is 0 Å². The van der Waals surface area contributed by atoms with Crippen molar-refractivity contribution in [1.82, 2.24) is 10.2 Å². The third kappa shape index (κ3) is 2.97. The van der Waals surface area contributed by atoms with Gasteiger partial charge in [-0.25, -0.2) is 0 Å². The number of nitrogens with one attached hydrogen (secondary N) is 1. The molecule has 5 heteroatoms. The fraction of sp³-hybridized carbons (Fsp3) is 0.867. The predicted molar refractivity (Wildman–Crippen MR) is 78.4 cm³/mol. The lowest BCUT2D eigenvalue weighted by Crippen LogP contribution is -2.74. The summed E-state index contributed by atoms with van der Waals surface area (Å²) < 4.78 is 5.34. The first-order chi connectivity index (χ1) is 9.35. The van der Waals surface area contributed by atoms with Gasteiger partial charge in [0.05, 0.1) is 0 Å². The summed E-state index contributed by atoms with van der Waals surface area (Å²) in [7, 11) is 0. The first-order valence-corrected chi connectivity index (χ1v) is 7.58. The summed E-state index contributed by atoms with van der Waals surface area (Å²) in [6.07, 6.45) is 2.02. The van der Waals surface area contributed by atoms with Crippen LogP contribution in [0.4, 0.5) is 0 Å². The largest absolute Gasteiger partial charge is 0.382 e. The van der Waals surface area contributed by atoms with E-state index in [2.05, 4.69) is 5.32 Å². The molecule has 0 aromatic rings. The topological polar surface area (TPSA) is 58.6 Å². The van der Waals surface area contributed by atoms with Gasteiger partial charge in [0.15, 0.2) is 0 Å². The molecule has 1 rings (SSSR count). The van der Waals surface area contributed by atoms with Crippen LogP contribution in [0.5, 0.6) is 0 Å². The Morgan fingerprint density at radius 1 is 1.15 bits per heavy atom. The molecule has 0 aromatic carbocycles. The van der Waals surface area contributed by atoms with E-state index in [0.717, 1.165) is 6.42 Å². The molecule has 0 spiro atoms. The highest BCUT2D eigenvalue weighted by atomic mass is 16.5. The van der Waals surface area contributed by atoms with Crippen molar-refractivity contribution in [1.29, 1.82) is 0 Å². The normalized spacial score (nSPS) is 20.9. The molecule has 1 N–H and O–H groups in total. The van der Waals surface area contributed by atoms with Gasteiger partial charge in [0.1, 0.15) is 11.1 Å². The number of rotatable bonds is 7. The van der Waals surface area contributed by atoms with E-state index in [9.17, 15) is 9.59 Å². The molecule has 0 atom stereocenters. The fourth-order valence-electron chi connectivity index (χ4n) is 2.85. The third-order valence-electron chi connectivity index (χ3n) is 4.19. The number of ether oxygens (including phenoxy) is 1. The lowest BCUT2D eigenvalue weighted by Gasteiger charge is -2.50. The molecule has 0 aliphatic carbocycles. The molecule has 1 heterocycles. The number of hydrogen-bond acceptors (Lipinski definition) is 3. The highest BCUT2D eigenvalue weighted by Gasteiger charge is 2.52. The van der Waals surface area contributed by atoms with Gasteiger partial charge < -0.3 is 15.0 Å². The minimum absolute atomic E-state index is 0.00250. The Hall–Kier alpha value is -1.10. The predicted octanol–water partition coefficient (Wildman–Crippen LogP) is 1.71. The zero-order valence-corrected chi connectivity index (χ0v) is 13.4. The fourth-order valence-corrected chi connectivity index (χ4v) is 2.85. The summed E-state index contributed by atoms with van der Waals surface area (Å²) in [4.78, 5) is 26.9. The van der Waals surface area contributed by atoms with E-state index in [4.69, 9.17) is 4.74 Å². The Labute approximate surface area is 122 Å². The van der Waals surface area contributed by atoms with Gasteiger partial charge in [0.25, 0.3) is 0 Å². The highest BCUT2D eigenvalue weighted by Crippen LogP contribution is 2.32. The lowest BCUT2D eigenvalue weighted by molar-refractivity contribution is -0.162. The molecular weight excluding hydrogens is 256 g/mol. The number of piperazine rings is 1. The number of carbonyl (C=O) groups excluding carboxylic acids is 2. The summed E-state index contributed by atoms with van der Waals surface area (Å²) in [5.74, 6) is -0.0409. The number of hydrogen-bond donors (Lipinski definition) is 1. The Morgan fingerprint density at radius 2 is 1.75 bits per heavy atom. The van der Waals surface area contributed by atoms with Gasteiger partial charge in [-0.3, -0.25) is 9.59 Å². The summed E-state index contributed by atoms with van der Waals surface area (Å²) in [5.41, 5.74) is -1.53. The molecule has 1 saturated heterocycles. The number of amides is 2. The van der Waals surface area contributed by atoms with E-state index >= 15 is 0 Å². The van der Waals surface area contributed by atoms with Crippen LogP contribution in [-0.2, 0) is 14.3 Å². The standard InChI is InChI=1S/C15H28N2O3/c1-6-15(7-2)12(18)16-14(4,5)13(19)17(15)10-9-11-20-8-3/h6-11H2,1-5H3,(H,16,18). The van der Waals surface area contributed by atoms with E-state index in [1.165, 1.54) is 0 Å². The second-order valence-electron chi connectivity index (χ2n) is 5.83. The van der Waals surface area contributed by atoms with Crippen molar-refractivity contribution in [3.05, 3.63) is 0 Å². The highest BCUT2D eigenvalue weighted by molar-refractivity contribution is 6.01. The van der Waals surface area contributed by atoms with Gasteiger partial charge >= 0.3 is 0 Å². The summed E-state index contributed by atoms with van der Waals surface area (Å²) in [5, 5.41) is 2.87. The molecule has 0 radical (unpaired) electrons. The Balaban J connectivity index is 2.95. The average Bonchev–Trinajstić information content (AvgIpc) is 2.40. The van der Waals surface area contributed by atoms with Crippen molar-refractivity contribution < 1.29 is 14.3 Å². The van der Waals surface area contributed by atoms with Gasteiger partial charge in [-0.15, -0.1) is 0 Å². The molecule has 1 fully saturated rings. The zero-order chi connectivity index (χ0) is 15.4.